The molecule has 1 aromatic carbocycles. The number of rotatable bonds is 5. The molecule has 18 heavy (non-hydrogen) atoms. The molecule has 1 aliphatic carbocycles. The van der Waals surface area contributed by atoms with Crippen LogP contribution in [0.1, 0.15) is 24.8 Å². The van der Waals surface area contributed by atoms with Crippen LogP contribution in [0.5, 0.6) is 0 Å². The van der Waals surface area contributed by atoms with E-state index in [1.807, 2.05) is 6.07 Å². The molecular weight excluding hydrogens is 233 g/mol. The summed E-state index contributed by atoms with van der Waals surface area (Å²) in [6, 6.07) is 6.47. The summed E-state index contributed by atoms with van der Waals surface area (Å²) in [6.45, 7) is 1.16. The topological polar surface area (TPSA) is 38.3 Å². The second kappa shape index (κ2) is 5.48. The lowest BCUT2D eigenvalue weighted by Crippen LogP contribution is -2.46. The average Bonchev–Trinajstić information content (AvgIpc) is 2.32. The zero-order valence-corrected chi connectivity index (χ0v) is 10.5. The Bertz CT molecular complexity index is 430. The van der Waals surface area contributed by atoms with Crippen LogP contribution in [-0.2, 0) is 16.1 Å². The molecule has 0 spiro atoms. The van der Waals surface area contributed by atoms with E-state index >= 15 is 0 Å². The molecule has 0 atom stereocenters. The third-order valence-electron chi connectivity index (χ3n) is 3.61. The highest BCUT2D eigenvalue weighted by Gasteiger charge is 2.44. The molecule has 0 amide bonds. The Balaban J connectivity index is 1.86. The number of carbonyl (C=O) groups is 1. The quantitative estimate of drug-likeness (QED) is 0.816. The highest BCUT2D eigenvalue weighted by atomic mass is 19.1. The maximum atomic E-state index is 13.0. The van der Waals surface area contributed by atoms with Crippen LogP contribution in [-0.4, -0.2) is 19.6 Å². The van der Waals surface area contributed by atoms with Gasteiger partial charge in [-0.15, -0.1) is 0 Å². The lowest BCUT2D eigenvalue weighted by atomic mass is 9.68. The highest BCUT2D eigenvalue weighted by Crippen LogP contribution is 2.41. The minimum atomic E-state index is -0.359. The van der Waals surface area contributed by atoms with E-state index in [0.29, 0.717) is 13.1 Å². The van der Waals surface area contributed by atoms with Gasteiger partial charge in [-0.1, -0.05) is 18.6 Å². The number of hydrogen-bond donors (Lipinski definition) is 1. The number of benzene rings is 1. The van der Waals surface area contributed by atoms with Crippen molar-refractivity contribution in [1.82, 2.24) is 5.32 Å². The van der Waals surface area contributed by atoms with Crippen molar-refractivity contribution in [3.8, 4) is 0 Å². The summed E-state index contributed by atoms with van der Waals surface area (Å²) in [5, 5.41) is 3.22. The second-order valence-corrected chi connectivity index (χ2v) is 4.86. The lowest BCUT2D eigenvalue weighted by molar-refractivity contribution is -0.158. The molecule has 1 fully saturated rings. The molecule has 0 aliphatic heterocycles. The fraction of sp³-hybridized carbons (Fsp3) is 0.500. The van der Waals surface area contributed by atoms with Crippen LogP contribution in [0.25, 0.3) is 0 Å². The van der Waals surface area contributed by atoms with Gasteiger partial charge in [-0.05, 0) is 30.5 Å². The van der Waals surface area contributed by atoms with Crippen molar-refractivity contribution >= 4 is 5.97 Å². The Kier molecular flexibility index (Phi) is 3.97. The summed E-state index contributed by atoms with van der Waals surface area (Å²) in [7, 11) is 1.43. The summed E-state index contributed by atoms with van der Waals surface area (Å²) in [6.07, 6.45) is 2.81. The normalized spacial score (nSPS) is 17.0. The molecule has 3 nitrogen and oxygen atoms in total. The SMILES string of the molecule is COC(=O)C1(CNCc2cccc(F)c2)CCC1. The van der Waals surface area contributed by atoms with E-state index in [1.165, 1.54) is 19.2 Å². The predicted octanol–water partition coefficient (Wildman–Crippen LogP) is 2.26. The van der Waals surface area contributed by atoms with E-state index in [-0.39, 0.29) is 17.2 Å². The highest BCUT2D eigenvalue weighted by molar-refractivity contribution is 5.78. The van der Waals surface area contributed by atoms with E-state index in [1.54, 1.807) is 6.07 Å². The van der Waals surface area contributed by atoms with Gasteiger partial charge in [-0.25, -0.2) is 4.39 Å². The monoisotopic (exact) mass is 251 g/mol. The van der Waals surface area contributed by atoms with Crippen molar-refractivity contribution in [3.05, 3.63) is 35.6 Å². The number of ether oxygens (including phenoxy) is 1. The number of methoxy groups -OCH3 is 1. The molecule has 1 aliphatic rings. The summed E-state index contributed by atoms with van der Waals surface area (Å²) < 4.78 is 17.8. The summed E-state index contributed by atoms with van der Waals surface area (Å²) in [5.74, 6) is -0.374. The van der Waals surface area contributed by atoms with Gasteiger partial charge in [0, 0.05) is 13.1 Å². The molecule has 98 valence electrons. The molecule has 4 heteroatoms. The van der Waals surface area contributed by atoms with Crippen molar-refractivity contribution < 1.29 is 13.9 Å². The van der Waals surface area contributed by atoms with Crippen LogP contribution in [0.3, 0.4) is 0 Å². The van der Waals surface area contributed by atoms with Gasteiger partial charge < -0.3 is 10.1 Å². The van der Waals surface area contributed by atoms with Crippen molar-refractivity contribution in [1.29, 1.82) is 0 Å². The average molecular weight is 251 g/mol. The van der Waals surface area contributed by atoms with Crippen LogP contribution >= 0.6 is 0 Å². The molecule has 0 aromatic heterocycles. The Morgan fingerprint density at radius 2 is 2.28 bits per heavy atom. The first-order valence-electron chi connectivity index (χ1n) is 6.20. The Labute approximate surface area is 106 Å². The van der Waals surface area contributed by atoms with Crippen LogP contribution in [0.4, 0.5) is 4.39 Å². The molecule has 1 aromatic rings. The van der Waals surface area contributed by atoms with Crippen molar-refractivity contribution in [2.75, 3.05) is 13.7 Å². The number of carbonyl (C=O) groups excluding carboxylic acids is 1. The number of nitrogens with one attached hydrogen (secondary N) is 1. The van der Waals surface area contributed by atoms with Gasteiger partial charge in [0.2, 0.25) is 0 Å². The van der Waals surface area contributed by atoms with Gasteiger partial charge >= 0.3 is 5.97 Å². The van der Waals surface area contributed by atoms with Gasteiger partial charge in [0.05, 0.1) is 12.5 Å². The van der Waals surface area contributed by atoms with Gasteiger partial charge in [0.25, 0.3) is 0 Å². The van der Waals surface area contributed by atoms with E-state index in [9.17, 15) is 9.18 Å². The molecular formula is C14H18FNO2. The fourth-order valence-electron chi connectivity index (χ4n) is 2.37. The van der Waals surface area contributed by atoms with Crippen LogP contribution in [0, 0.1) is 11.2 Å². The standard InChI is InChI=1S/C14H18FNO2/c1-18-13(17)14(6-3-7-14)10-16-9-11-4-2-5-12(15)8-11/h2,4-5,8,16H,3,6-7,9-10H2,1H3. The van der Waals surface area contributed by atoms with Crippen LogP contribution < -0.4 is 5.32 Å². The van der Waals surface area contributed by atoms with Crippen molar-refractivity contribution in [2.45, 2.75) is 25.8 Å². The van der Waals surface area contributed by atoms with Crippen molar-refractivity contribution in [3.63, 3.8) is 0 Å². The molecule has 1 N–H and O–H groups in total. The molecule has 0 heterocycles. The largest absolute Gasteiger partial charge is 0.469 e. The van der Waals surface area contributed by atoms with Crippen molar-refractivity contribution in [2.24, 2.45) is 5.41 Å². The Morgan fingerprint density at radius 3 is 2.83 bits per heavy atom. The van der Waals surface area contributed by atoms with Crippen LogP contribution in [0.2, 0.25) is 0 Å². The van der Waals surface area contributed by atoms with E-state index in [0.717, 1.165) is 24.8 Å². The first-order valence-corrected chi connectivity index (χ1v) is 6.20. The summed E-state index contributed by atoms with van der Waals surface area (Å²) in [5.41, 5.74) is 0.525. The fourth-order valence-corrected chi connectivity index (χ4v) is 2.37. The van der Waals surface area contributed by atoms with Gasteiger partial charge in [0.15, 0.2) is 0 Å². The number of halogens is 1. The van der Waals surface area contributed by atoms with Gasteiger partial charge in [-0.2, -0.15) is 0 Å². The zero-order chi connectivity index (χ0) is 13.0. The summed E-state index contributed by atoms with van der Waals surface area (Å²) >= 11 is 0. The Morgan fingerprint density at radius 1 is 1.50 bits per heavy atom. The predicted molar refractivity (Wildman–Crippen MR) is 66.4 cm³/mol. The third kappa shape index (κ3) is 2.70. The number of esters is 1. The van der Waals surface area contributed by atoms with E-state index in [4.69, 9.17) is 4.74 Å². The Hall–Kier alpha value is -1.42. The maximum Gasteiger partial charge on any atom is 0.313 e. The third-order valence-corrected chi connectivity index (χ3v) is 3.61. The first-order chi connectivity index (χ1) is 8.66. The minimum Gasteiger partial charge on any atom is -0.469 e. The molecule has 0 unspecified atom stereocenters. The van der Waals surface area contributed by atoms with E-state index < -0.39 is 0 Å². The van der Waals surface area contributed by atoms with Crippen LogP contribution in [0.15, 0.2) is 24.3 Å². The number of hydrogen-bond acceptors (Lipinski definition) is 3. The second-order valence-electron chi connectivity index (χ2n) is 4.86. The molecule has 2 rings (SSSR count). The summed E-state index contributed by atoms with van der Waals surface area (Å²) in [4.78, 5) is 11.7. The lowest BCUT2D eigenvalue weighted by Gasteiger charge is -2.39. The van der Waals surface area contributed by atoms with Gasteiger partial charge in [-0.3, -0.25) is 4.79 Å². The van der Waals surface area contributed by atoms with Gasteiger partial charge in [0.1, 0.15) is 5.82 Å². The molecule has 1 saturated carbocycles. The maximum absolute atomic E-state index is 13.0. The molecule has 0 saturated heterocycles. The minimum absolute atomic E-state index is 0.138. The zero-order valence-electron chi connectivity index (χ0n) is 10.5. The smallest absolute Gasteiger partial charge is 0.313 e. The van der Waals surface area contributed by atoms with E-state index in [2.05, 4.69) is 5.32 Å². The molecule has 0 bridgehead atoms. The molecule has 0 radical (unpaired) electrons. The first kappa shape index (κ1) is 13.0.